The van der Waals surface area contributed by atoms with Crippen molar-refractivity contribution in [2.24, 2.45) is 5.92 Å². The highest BCUT2D eigenvalue weighted by molar-refractivity contribution is 7.47. The number of unbranched alkanes of at least 4 members (excludes halogenated alkanes) is 37. The minimum Gasteiger partial charge on any atom is -0.463 e. The lowest BCUT2D eigenvalue weighted by Crippen LogP contribution is -2.37. The van der Waals surface area contributed by atoms with Crippen molar-refractivity contribution in [3.63, 3.8) is 0 Å². The van der Waals surface area contributed by atoms with Crippen LogP contribution in [0.2, 0.25) is 0 Å². The van der Waals surface area contributed by atoms with Gasteiger partial charge in [0.05, 0.1) is 33.7 Å². The average Bonchev–Trinajstić information content (AvgIpc) is 3.27. The van der Waals surface area contributed by atoms with Crippen molar-refractivity contribution >= 4 is 13.8 Å². The van der Waals surface area contributed by atoms with Gasteiger partial charge in [-0.2, -0.15) is 0 Å². The molecule has 8 nitrogen and oxygen atoms in total. The minimum atomic E-state index is -4.28. The average molecular weight is 946 g/mol. The van der Waals surface area contributed by atoms with Crippen LogP contribution < -0.4 is 0 Å². The molecule has 0 radical (unpaired) electrons. The van der Waals surface area contributed by atoms with Crippen molar-refractivity contribution in [3.05, 3.63) is 0 Å². The molecule has 0 aromatic rings. The third-order valence-corrected chi connectivity index (χ3v) is 14.3. The number of carbonyl (C=O) groups excluding carboxylic acids is 1. The highest BCUT2D eigenvalue weighted by atomic mass is 31.2. The van der Waals surface area contributed by atoms with E-state index in [1.54, 1.807) is 0 Å². The van der Waals surface area contributed by atoms with Crippen molar-refractivity contribution in [2.75, 3.05) is 54.1 Å². The molecule has 2 unspecified atom stereocenters. The summed E-state index contributed by atoms with van der Waals surface area (Å²) in [6, 6.07) is 0. The van der Waals surface area contributed by atoms with Crippen molar-refractivity contribution < 1.29 is 37.3 Å². The first kappa shape index (κ1) is 64.5. The van der Waals surface area contributed by atoms with E-state index in [4.69, 9.17) is 18.5 Å². The predicted octanol–water partition coefficient (Wildman–Crippen LogP) is 17.8. The molecule has 0 aliphatic carbocycles. The molecule has 0 rings (SSSR count). The molecule has 1 N–H and O–H groups in total. The van der Waals surface area contributed by atoms with Gasteiger partial charge in [0.1, 0.15) is 25.9 Å². The van der Waals surface area contributed by atoms with Gasteiger partial charge in [-0.05, 0) is 19.3 Å². The highest BCUT2D eigenvalue weighted by Gasteiger charge is 2.27. The van der Waals surface area contributed by atoms with E-state index in [0.717, 1.165) is 51.4 Å². The van der Waals surface area contributed by atoms with Crippen molar-refractivity contribution in [1.29, 1.82) is 0 Å². The van der Waals surface area contributed by atoms with Crippen LogP contribution in [-0.2, 0) is 27.9 Å². The molecule has 9 heteroatoms. The molecule has 0 bridgehead atoms. The van der Waals surface area contributed by atoms with Crippen LogP contribution in [0, 0.1) is 5.92 Å². The molecule has 0 aromatic heterocycles. The van der Waals surface area contributed by atoms with Crippen molar-refractivity contribution in [1.82, 2.24) is 0 Å². The SMILES string of the molecule is CCCCCCCCCCCCCCCCCO[C@H](COC(=O)C(CCCCCCCCCCCCCC)CCCCCCCCCCCCCCC)COP(=O)(O)OCC[N+](C)(C)C. The van der Waals surface area contributed by atoms with Gasteiger partial charge in [0.2, 0.25) is 0 Å². The lowest BCUT2D eigenvalue weighted by atomic mass is 9.94. The van der Waals surface area contributed by atoms with Crippen molar-refractivity contribution in [3.8, 4) is 0 Å². The largest absolute Gasteiger partial charge is 0.472 e. The normalized spacial score (nSPS) is 13.9. The fraction of sp³-hybridized carbons (Fsp3) is 0.982. The Hall–Kier alpha value is -0.500. The molecule has 0 saturated heterocycles. The Labute approximate surface area is 406 Å². The summed E-state index contributed by atoms with van der Waals surface area (Å²) in [6.07, 6.45) is 53.2. The van der Waals surface area contributed by atoms with Gasteiger partial charge in [0.15, 0.2) is 0 Å². The molecule has 390 valence electrons. The lowest BCUT2D eigenvalue weighted by Gasteiger charge is -2.24. The summed E-state index contributed by atoms with van der Waals surface area (Å²) >= 11 is 0. The summed E-state index contributed by atoms with van der Waals surface area (Å²) < 4.78 is 36.4. The molecule has 0 aliphatic heterocycles. The second kappa shape index (κ2) is 48.5. The quantitative estimate of drug-likeness (QED) is 0.0281. The van der Waals surface area contributed by atoms with Crippen molar-refractivity contribution in [2.45, 2.75) is 297 Å². The predicted molar refractivity (Wildman–Crippen MR) is 280 cm³/mol. The van der Waals surface area contributed by atoms with E-state index >= 15 is 0 Å². The third kappa shape index (κ3) is 49.7. The van der Waals surface area contributed by atoms with Gasteiger partial charge in [-0.25, -0.2) is 4.57 Å². The maximum Gasteiger partial charge on any atom is 0.472 e. The highest BCUT2D eigenvalue weighted by Crippen LogP contribution is 2.43. The summed E-state index contributed by atoms with van der Waals surface area (Å²) in [7, 11) is 1.74. The van der Waals surface area contributed by atoms with Crippen LogP contribution in [0.25, 0.3) is 0 Å². The number of esters is 1. The van der Waals surface area contributed by atoms with E-state index in [1.807, 2.05) is 21.1 Å². The molecular formula is C56H115NO7P+. The van der Waals surface area contributed by atoms with E-state index in [-0.39, 0.29) is 31.7 Å². The van der Waals surface area contributed by atoms with E-state index in [9.17, 15) is 14.3 Å². The number of rotatable bonds is 54. The summed E-state index contributed by atoms with van der Waals surface area (Å²) in [5.74, 6) is -0.273. The van der Waals surface area contributed by atoms with E-state index in [2.05, 4.69) is 20.8 Å². The van der Waals surface area contributed by atoms with E-state index < -0.39 is 13.9 Å². The van der Waals surface area contributed by atoms with Gasteiger partial charge >= 0.3 is 13.8 Å². The van der Waals surface area contributed by atoms with Gasteiger partial charge in [-0.15, -0.1) is 0 Å². The molecule has 0 spiro atoms. The molecule has 0 saturated carbocycles. The summed E-state index contributed by atoms with van der Waals surface area (Å²) in [6.45, 7) is 7.88. The summed E-state index contributed by atoms with van der Waals surface area (Å²) in [5.41, 5.74) is 0. The fourth-order valence-electron chi connectivity index (χ4n) is 8.83. The standard InChI is InChI=1S/C56H114NO7P/c1-7-10-13-16-19-22-25-28-29-31-34-37-40-43-46-50-61-55(53-64-65(59,60)63-51-49-57(4,5)6)52-62-56(58)54(47-44-41-38-35-32-27-24-21-18-15-12-9-3)48-45-42-39-36-33-30-26-23-20-17-14-11-8-2/h54-55H,7-53H2,1-6H3/p+1/t54?,55-/m1/s1. The Morgan fingerprint density at radius 3 is 1.06 bits per heavy atom. The second-order valence-corrected chi connectivity index (χ2v) is 22.5. The van der Waals surface area contributed by atoms with Crippen LogP contribution in [0.4, 0.5) is 0 Å². The van der Waals surface area contributed by atoms with Gasteiger partial charge < -0.3 is 18.9 Å². The molecule has 0 amide bonds. The van der Waals surface area contributed by atoms with Crippen LogP contribution in [0.5, 0.6) is 0 Å². The zero-order valence-electron chi connectivity index (χ0n) is 44.7. The number of hydrogen-bond acceptors (Lipinski definition) is 6. The molecule has 0 heterocycles. The third-order valence-electron chi connectivity index (χ3n) is 13.3. The molecule has 65 heavy (non-hydrogen) atoms. The van der Waals surface area contributed by atoms with E-state index in [0.29, 0.717) is 17.6 Å². The van der Waals surface area contributed by atoms with E-state index in [1.165, 1.54) is 218 Å². The Kier molecular flexibility index (Phi) is 48.1. The van der Waals surface area contributed by atoms with Gasteiger partial charge in [0, 0.05) is 6.61 Å². The zero-order chi connectivity index (χ0) is 47.8. The van der Waals surface area contributed by atoms with Crippen LogP contribution in [0.15, 0.2) is 0 Å². The fourth-order valence-corrected chi connectivity index (χ4v) is 9.57. The molecular weight excluding hydrogens is 830 g/mol. The van der Waals surface area contributed by atoms with Gasteiger partial charge in [-0.1, -0.05) is 271 Å². The Morgan fingerprint density at radius 1 is 0.431 bits per heavy atom. The zero-order valence-corrected chi connectivity index (χ0v) is 45.6. The maximum atomic E-state index is 13.7. The first-order valence-electron chi connectivity index (χ1n) is 28.7. The number of phosphoric ester groups is 1. The second-order valence-electron chi connectivity index (χ2n) is 21.1. The first-order chi connectivity index (χ1) is 31.5. The number of phosphoric acid groups is 1. The van der Waals surface area contributed by atoms with Crippen LogP contribution in [0.3, 0.4) is 0 Å². The topological polar surface area (TPSA) is 91.3 Å². The Balaban J connectivity index is 4.98. The summed E-state index contributed by atoms with van der Waals surface area (Å²) in [4.78, 5) is 24.2. The smallest absolute Gasteiger partial charge is 0.463 e. The van der Waals surface area contributed by atoms with Crippen LogP contribution in [0.1, 0.15) is 290 Å². The molecule has 0 fully saturated rings. The van der Waals surface area contributed by atoms with Gasteiger partial charge in [-0.3, -0.25) is 13.8 Å². The van der Waals surface area contributed by atoms with Crippen LogP contribution in [-0.4, -0.2) is 75.6 Å². The Morgan fingerprint density at radius 2 is 0.738 bits per heavy atom. The molecule has 3 atom stereocenters. The maximum absolute atomic E-state index is 13.7. The minimum absolute atomic E-state index is 0.0179. The monoisotopic (exact) mass is 945 g/mol. The number of ether oxygens (including phenoxy) is 2. The first-order valence-corrected chi connectivity index (χ1v) is 30.2. The number of hydrogen-bond donors (Lipinski definition) is 1. The summed E-state index contributed by atoms with van der Waals surface area (Å²) in [5, 5.41) is 0. The van der Waals surface area contributed by atoms with Gasteiger partial charge in [0.25, 0.3) is 0 Å². The lowest BCUT2D eigenvalue weighted by molar-refractivity contribution is -0.870. The Bertz CT molecular complexity index is 1020. The van der Waals surface area contributed by atoms with Crippen LogP contribution >= 0.6 is 7.82 Å². The molecule has 0 aliphatic rings. The molecule has 0 aromatic carbocycles. The number of carbonyl (C=O) groups is 1. The number of nitrogens with zero attached hydrogens (tertiary/aromatic N) is 1. The number of likely N-dealkylation sites (N-methyl/N-ethyl adjacent to an activating group) is 1. The number of quaternary nitrogens is 1.